The molecule has 0 spiro atoms. The Morgan fingerprint density at radius 1 is 1.43 bits per heavy atom. The molecule has 0 radical (unpaired) electrons. The van der Waals surface area contributed by atoms with Gasteiger partial charge in [0.2, 0.25) is 0 Å². The normalized spacial score (nSPS) is 18.7. The number of piperidine rings is 1. The van der Waals surface area contributed by atoms with Gasteiger partial charge in [-0.25, -0.2) is 0 Å². The lowest BCUT2D eigenvalue weighted by Gasteiger charge is -2.29. The summed E-state index contributed by atoms with van der Waals surface area (Å²) in [6.45, 7) is 8.18. The molecule has 2 rings (SSSR count). The SMILES string of the molecule is CC1CCCN(/C=C(/C#N)C(=O)Nc2ccccc2C(C)C)C1. The van der Waals surface area contributed by atoms with Gasteiger partial charge in [-0.1, -0.05) is 39.0 Å². The summed E-state index contributed by atoms with van der Waals surface area (Å²) in [5.41, 5.74) is 2.02. The minimum absolute atomic E-state index is 0.164. The van der Waals surface area contributed by atoms with E-state index in [9.17, 15) is 10.1 Å². The number of para-hydroxylation sites is 1. The summed E-state index contributed by atoms with van der Waals surface area (Å²) in [7, 11) is 0. The number of nitrogens with one attached hydrogen (secondary N) is 1. The Balaban J connectivity index is 2.13. The summed E-state index contributed by atoms with van der Waals surface area (Å²) < 4.78 is 0. The standard InChI is InChI=1S/C19H25N3O/c1-14(2)17-8-4-5-9-18(17)21-19(23)16(11-20)13-22-10-6-7-15(3)12-22/h4-5,8-9,13-15H,6-7,10,12H2,1-3H3,(H,21,23)/b16-13-. The first kappa shape index (κ1) is 17.1. The van der Waals surface area contributed by atoms with Crippen LogP contribution in [-0.4, -0.2) is 23.9 Å². The van der Waals surface area contributed by atoms with Crippen molar-refractivity contribution in [3.8, 4) is 6.07 Å². The Labute approximate surface area is 138 Å². The number of rotatable bonds is 4. The molecule has 1 aliphatic rings. The van der Waals surface area contributed by atoms with E-state index in [-0.39, 0.29) is 11.5 Å². The van der Waals surface area contributed by atoms with Gasteiger partial charge in [0.1, 0.15) is 11.6 Å². The van der Waals surface area contributed by atoms with E-state index in [0.717, 1.165) is 30.8 Å². The highest BCUT2D eigenvalue weighted by Gasteiger charge is 2.17. The molecular formula is C19H25N3O. The number of carbonyl (C=O) groups is 1. The lowest BCUT2D eigenvalue weighted by atomic mass is 10.0. The van der Waals surface area contributed by atoms with E-state index in [1.54, 1.807) is 6.20 Å². The average molecular weight is 311 g/mol. The first-order valence-corrected chi connectivity index (χ1v) is 8.27. The van der Waals surface area contributed by atoms with Gasteiger partial charge in [0.15, 0.2) is 0 Å². The number of nitriles is 1. The molecule has 1 fully saturated rings. The van der Waals surface area contributed by atoms with Gasteiger partial charge in [-0.3, -0.25) is 4.79 Å². The maximum atomic E-state index is 12.4. The quantitative estimate of drug-likeness (QED) is 0.678. The van der Waals surface area contributed by atoms with E-state index in [2.05, 4.69) is 31.0 Å². The number of anilines is 1. The number of benzene rings is 1. The summed E-state index contributed by atoms with van der Waals surface area (Å²) >= 11 is 0. The molecule has 0 aliphatic carbocycles. The third-order valence-electron chi connectivity index (χ3n) is 4.20. The number of likely N-dealkylation sites (tertiary alicyclic amines) is 1. The maximum absolute atomic E-state index is 12.4. The molecule has 4 heteroatoms. The van der Waals surface area contributed by atoms with Gasteiger partial charge in [-0.2, -0.15) is 5.26 Å². The van der Waals surface area contributed by atoms with Crippen LogP contribution in [0, 0.1) is 17.2 Å². The summed E-state index contributed by atoms with van der Waals surface area (Å²) in [5, 5.41) is 12.2. The zero-order chi connectivity index (χ0) is 16.8. The van der Waals surface area contributed by atoms with Gasteiger partial charge >= 0.3 is 0 Å². The van der Waals surface area contributed by atoms with Crippen molar-refractivity contribution in [1.29, 1.82) is 5.26 Å². The molecule has 0 bridgehead atoms. The lowest BCUT2D eigenvalue weighted by Crippen LogP contribution is -2.31. The average Bonchev–Trinajstić information content (AvgIpc) is 2.53. The molecule has 1 amide bonds. The van der Waals surface area contributed by atoms with E-state index >= 15 is 0 Å². The highest BCUT2D eigenvalue weighted by molar-refractivity contribution is 6.06. The van der Waals surface area contributed by atoms with Crippen LogP contribution >= 0.6 is 0 Å². The molecule has 23 heavy (non-hydrogen) atoms. The zero-order valence-corrected chi connectivity index (χ0v) is 14.2. The van der Waals surface area contributed by atoms with Crippen molar-refractivity contribution >= 4 is 11.6 Å². The number of hydrogen-bond donors (Lipinski definition) is 1. The Bertz CT molecular complexity index is 628. The van der Waals surface area contributed by atoms with Crippen molar-refractivity contribution in [3.63, 3.8) is 0 Å². The topological polar surface area (TPSA) is 56.1 Å². The predicted molar refractivity (Wildman–Crippen MR) is 92.8 cm³/mol. The Morgan fingerprint density at radius 2 is 2.17 bits per heavy atom. The van der Waals surface area contributed by atoms with Gasteiger partial charge in [-0.15, -0.1) is 0 Å². The van der Waals surface area contributed by atoms with Crippen LogP contribution in [0.5, 0.6) is 0 Å². The fourth-order valence-electron chi connectivity index (χ4n) is 2.97. The van der Waals surface area contributed by atoms with Crippen LogP contribution in [-0.2, 0) is 4.79 Å². The summed E-state index contributed by atoms with van der Waals surface area (Å²) in [6, 6.07) is 9.77. The third kappa shape index (κ3) is 4.59. The second kappa shape index (κ2) is 7.82. The lowest BCUT2D eigenvalue weighted by molar-refractivity contribution is -0.112. The molecule has 1 aliphatic heterocycles. The van der Waals surface area contributed by atoms with E-state index < -0.39 is 0 Å². The zero-order valence-electron chi connectivity index (χ0n) is 14.2. The molecule has 1 saturated heterocycles. The fourth-order valence-corrected chi connectivity index (χ4v) is 2.97. The third-order valence-corrected chi connectivity index (χ3v) is 4.20. The number of nitrogens with zero attached hydrogens (tertiary/aromatic N) is 2. The minimum atomic E-state index is -0.334. The molecule has 1 aromatic rings. The molecule has 1 atom stereocenters. The number of carbonyl (C=O) groups excluding carboxylic acids is 1. The molecule has 4 nitrogen and oxygen atoms in total. The summed E-state index contributed by atoms with van der Waals surface area (Å²) in [4.78, 5) is 14.5. The molecular weight excluding hydrogens is 286 g/mol. The van der Waals surface area contributed by atoms with Crippen LogP contribution in [0.3, 0.4) is 0 Å². The second-order valence-electron chi connectivity index (χ2n) is 6.59. The highest BCUT2D eigenvalue weighted by atomic mass is 16.1. The molecule has 1 aromatic carbocycles. The fraction of sp³-hybridized carbons (Fsp3) is 0.474. The van der Waals surface area contributed by atoms with Gasteiger partial charge in [0.05, 0.1) is 0 Å². The van der Waals surface area contributed by atoms with Crippen molar-refractivity contribution in [2.24, 2.45) is 5.92 Å². The van der Waals surface area contributed by atoms with Crippen LogP contribution < -0.4 is 5.32 Å². The van der Waals surface area contributed by atoms with E-state index in [1.165, 1.54) is 6.42 Å². The van der Waals surface area contributed by atoms with Gasteiger partial charge < -0.3 is 10.2 Å². The first-order valence-electron chi connectivity index (χ1n) is 8.27. The largest absolute Gasteiger partial charge is 0.376 e. The molecule has 1 heterocycles. The van der Waals surface area contributed by atoms with Crippen molar-refractivity contribution < 1.29 is 4.79 Å². The molecule has 0 aromatic heterocycles. The van der Waals surface area contributed by atoms with Crippen LogP contribution in [0.1, 0.15) is 45.1 Å². The molecule has 1 unspecified atom stereocenters. The van der Waals surface area contributed by atoms with Crippen LogP contribution in [0.15, 0.2) is 36.0 Å². The Kier molecular flexibility index (Phi) is 5.81. The Morgan fingerprint density at radius 3 is 2.83 bits per heavy atom. The number of amides is 1. The highest BCUT2D eigenvalue weighted by Crippen LogP contribution is 2.24. The first-order chi connectivity index (χ1) is 11.0. The van der Waals surface area contributed by atoms with Crippen LogP contribution in [0.4, 0.5) is 5.69 Å². The van der Waals surface area contributed by atoms with E-state index in [1.807, 2.05) is 30.3 Å². The van der Waals surface area contributed by atoms with E-state index in [4.69, 9.17) is 0 Å². The van der Waals surface area contributed by atoms with Crippen LogP contribution in [0.25, 0.3) is 0 Å². The van der Waals surface area contributed by atoms with Gasteiger partial charge in [0.25, 0.3) is 5.91 Å². The van der Waals surface area contributed by atoms with E-state index in [0.29, 0.717) is 11.8 Å². The number of hydrogen-bond acceptors (Lipinski definition) is 3. The van der Waals surface area contributed by atoms with Crippen LogP contribution in [0.2, 0.25) is 0 Å². The monoisotopic (exact) mass is 311 g/mol. The smallest absolute Gasteiger partial charge is 0.267 e. The van der Waals surface area contributed by atoms with Gasteiger partial charge in [0, 0.05) is 25.0 Å². The molecule has 122 valence electrons. The van der Waals surface area contributed by atoms with Crippen molar-refractivity contribution in [1.82, 2.24) is 4.90 Å². The van der Waals surface area contributed by atoms with Gasteiger partial charge in [-0.05, 0) is 36.3 Å². The molecule has 1 N–H and O–H groups in total. The summed E-state index contributed by atoms with van der Waals surface area (Å²) in [6.07, 6.45) is 4.03. The second-order valence-corrected chi connectivity index (χ2v) is 6.59. The Hall–Kier alpha value is -2.28. The maximum Gasteiger partial charge on any atom is 0.267 e. The molecule has 0 saturated carbocycles. The van der Waals surface area contributed by atoms with Crippen molar-refractivity contribution in [2.45, 2.75) is 39.5 Å². The predicted octanol–water partition coefficient (Wildman–Crippen LogP) is 3.89. The van der Waals surface area contributed by atoms with Crippen molar-refractivity contribution in [3.05, 3.63) is 41.6 Å². The van der Waals surface area contributed by atoms with Crippen molar-refractivity contribution in [2.75, 3.05) is 18.4 Å². The minimum Gasteiger partial charge on any atom is -0.376 e. The summed E-state index contributed by atoms with van der Waals surface area (Å²) in [5.74, 6) is 0.576.